The van der Waals surface area contributed by atoms with Crippen LogP contribution in [0.25, 0.3) is 0 Å². The molecule has 0 heterocycles. The smallest absolute Gasteiger partial charge is 0.322 e. The Bertz CT molecular complexity index is 503. The molecule has 0 aliphatic rings. The van der Waals surface area contributed by atoms with Gasteiger partial charge in [-0.15, -0.1) is 0 Å². The molecule has 0 aliphatic carbocycles. The first-order valence-corrected chi connectivity index (χ1v) is 6.97. The Hall–Kier alpha value is -1.84. The van der Waals surface area contributed by atoms with Crippen LogP contribution in [0.4, 0.5) is 0 Å². The van der Waals surface area contributed by atoms with Crippen LogP contribution in [0.2, 0.25) is 0 Å². The fourth-order valence-electron chi connectivity index (χ4n) is 2.41. The van der Waals surface area contributed by atoms with Crippen LogP contribution in [0.3, 0.4) is 0 Å². The summed E-state index contributed by atoms with van der Waals surface area (Å²) < 4.78 is 5.20. The summed E-state index contributed by atoms with van der Waals surface area (Å²) >= 11 is 0. The number of rotatable bonds is 6. The number of benzene rings is 1. The minimum Gasteiger partial charge on any atom is -0.481 e. The lowest BCUT2D eigenvalue weighted by molar-refractivity contribution is -0.145. The SMILES string of the molecule is CCc1c(OC(=O)CC(=O)O)ccc(C(C)C)c1CC. The van der Waals surface area contributed by atoms with Gasteiger partial charge >= 0.3 is 11.9 Å². The minimum atomic E-state index is -1.18. The maximum atomic E-state index is 11.5. The van der Waals surface area contributed by atoms with E-state index in [1.54, 1.807) is 6.07 Å². The van der Waals surface area contributed by atoms with Crippen molar-refractivity contribution in [1.82, 2.24) is 0 Å². The molecular weight excluding hydrogens is 256 g/mol. The lowest BCUT2D eigenvalue weighted by atomic mass is 9.90. The van der Waals surface area contributed by atoms with E-state index in [2.05, 4.69) is 20.8 Å². The number of ether oxygens (including phenoxy) is 1. The van der Waals surface area contributed by atoms with Gasteiger partial charge in [0.25, 0.3) is 0 Å². The Labute approximate surface area is 119 Å². The summed E-state index contributed by atoms with van der Waals surface area (Å²) in [6, 6.07) is 3.74. The zero-order valence-electron chi connectivity index (χ0n) is 12.5. The van der Waals surface area contributed by atoms with Gasteiger partial charge in [-0.2, -0.15) is 0 Å². The third-order valence-corrected chi connectivity index (χ3v) is 3.27. The number of carboxylic acid groups (broad SMARTS) is 1. The van der Waals surface area contributed by atoms with Crippen molar-refractivity contribution < 1.29 is 19.4 Å². The van der Waals surface area contributed by atoms with E-state index < -0.39 is 18.4 Å². The van der Waals surface area contributed by atoms with E-state index in [-0.39, 0.29) is 0 Å². The second-order valence-corrected chi connectivity index (χ2v) is 5.02. The fourth-order valence-corrected chi connectivity index (χ4v) is 2.41. The van der Waals surface area contributed by atoms with E-state index in [9.17, 15) is 9.59 Å². The van der Waals surface area contributed by atoms with Gasteiger partial charge in [0.15, 0.2) is 0 Å². The zero-order valence-corrected chi connectivity index (χ0v) is 12.5. The van der Waals surface area contributed by atoms with Crippen molar-refractivity contribution in [2.24, 2.45) is 0 Å². The third-order valence-electron chi connectivity index (χ3n) is 3.27. The highest BCUT2D eigenvalue weighted by Crippen LogP contribution is 2.31. The van der Waals surface area contributed by atoms with Gasteiger partial charge in [0.2, 0.25) is 0 Å². The Morgan fingerprint density at radius 2 is 1.75 bits per heavy atom. The Morgan fingerprint density at radius 1 is 1.15 bits per heavy atom. The van der Waals surface area contributed by atoms with Gasteiger partial charge < -0.3 is 9.84 Å². The molecule has 0 amide bonds. The number of aliphatic carboxylic acids is 1. The summed E-state index contributed by atoms with van der Waals surface area (Å²) in [5, 5.41) is 8.61. The summed E-state index contributed by atoms with van der Waals surface area (Å²) in [6.07, 6.45) is 0.997. The van der Waals surface area contributed by atoms with Crippen LogP contribution in [-0.2, 0) is 22.4 Å². The number of hydrogen-bond acceptors (Lipinski definition) is 3. The van der Waals surface area contributed by atoms with Crippen molar-refractivity contribution in [3.8, 4) is 5.75 Å². The zero-order chi connectivity index (χ0) is 15.3. The molecule has 1 aromatic carbocycles. The van der Waals surface area contributed by atoms with Crippen LogP contribution in [-0.4, -0.2) is 17.0 Å². The highest BCUT2D eigenvalue weighted by molar-refractivity contribution is 5.91. The van der Waals surface area contributed by atoms with Crippen LogP contribution in [0, 0.1) is 0 Å². The largest absolute Gasteiger partial charge is 0.481 e. The summed E-state index contributed by atoms with van der Waals surface area (Å²) in [6.45, 7) is 8.34. The van der Waals surface area contributed by atoms with E-state index in [4.69, 9.17) is 9.84 Å². The average molecular weight is 278 g/mol. The van der Waals surface area contributed by atoms with E-state index in [0.29, 0.717) is 11.7 Å². The minimum absolute atomic E-state index is 0.402. The van der Waals surface area contributed by atoms with Crippen LogP contribution < -0.4 is 4.74 Å². The first-order chi connectivity index (χ1) is 9.40. The molecule has 0 aliphatic heterocycles. The summed E-state index contributed by atoms with van der Waals surface area (Å²) in [4.78, 5) is 22.0. The van der Waals surface area contributed by atoms with Crippen LogP contribution >= 0.6 is 0 Å². The lowest BCUT2D eigenvalue weighted by Crippen LogP contribution is -2.15. The molecule has 4 heteroatoms. The second kappa shape index (κ2) is 7.08. The molecule has 1 aromatic rings. The molecular formula is C16H22O4. The molecule has 4 nitrogen and oxygen atoms in total. The Morgan fingerprint density at radius 3 is 2.20 bits per heavy atom. The van der Waals surface area contributed by atoms with Gasteiger partial charge in [-0.1, -0.05) is 33.8 Å². The molecule has 110 valence electrons. The molecule has 0 fully saturated rings. The van der Waals surface area contributed by atoms with Crippen molar-refractivity contribution in [3.05, 3.63) is 28.8 Å². The van der Waals surface area contributed by atoms with Crippen LogP contribution in [0.5, 0.6) is 5.75 Å². The Kier molecular flexibility index (Phi) is 5.74. The fraction of sp³-hybridized carbons (Fsp3) is 0.500. The van der Waals surface area contributed by atoms with Gasteiger partial charge in [-0.3, -0.25) is 9.59 Å². The van der Waals surface area contributed by atoms with Gasteiger partial charge in [-0.25, -0.2) is 0 Å². The Balaban J connectivity index is 3.15. The molecule has 0 unspecified atom stereocenters. The van der Waals surface area contributed by atoms with Gasteiger partial charge in [0, 0.05) is 0 Å². The molecule has 0 aromatic heterocycles. The topological polar surface area (TPSA) is 63.6 Å². The quantitative estimate of drug-likeness (QED) is 0.492. The number of carboxylic acids is 1. The number of esters is 1. The maximum Gasteiger partial charge on any atom is 0.322 e. The summed E-state index contributed by atoms with van der Waals surface area (Å²) in [5.74, 6) is -1.02. The molecule has 0 radical (unpaired) electrons. The molecule has 0 saturated carbocycles. The molecule has 0 saturated heterocycles. The first-order valence-electron chi connectivity index (χ1n) is 6.97. The monoisotopic (exact) mass is 278 g/mol. The van der Waals surface area contributed by atoms with Crippen molar-refractivity contribution in [2.75, 3.05) is 0 Å². The van der Waals surface area contributed by atoms with Gasteiger partial charge in [0.1, 0.15) is 12.2 Å². The highest BCUT2D eigenvalue weighted by Gasteiger charge is 2.17. The van der Waals surface area contributed by atoms with Crippen molar-refractivity contribution in [3.63, 3.8) is 0 Å². The number of carbonyl (C=O) groups is 2. The summed E-state index contributed by atoms with van der Waals surface area (Å²) in [5.41, 5.74) is 3.45. The molecule has 1 N–H and O–H groups in total. The van der Waals surface area contributed by atoms with E-state index in [1.165, 1.54) is 11.1 Å². The molecule has 0 bridgehead atoms. The number of carbonyl (C=O) groups excluding carboxylic acids is 1. The van der Waals surface area contributed by atoms with Crippen LogP contribution in [0.1, 0.15) is 56.7 Å². The number of hydrogen-bond donors (Lipinski definition) is 1. The van der Waals surface area contributed by atoms with Gasteiger partial charge in [0.05, 0.1) is 0 Å². The highest BCUT2D eigenvalue weighted by atomic mass is 16.5. The lowest BCUT2D eigenvalue weighted by Gasteiger charge is -2.18. The molecule has 0 spiro atoms. The second-order valence-electron chi connectivity index (χ2n) is 5.02. The molecule has 0 atom stereocenters. The van der Waals surface area contributed by atoms with Gasteiger partial charge in [-0.05, 0) is 41.5 Å². The van der Waals surface area contributed by atoms with E-state index in [1.807, 2.05) is 13.0 Å². The van der Waals surface area contributed by atoms with Crippen molar-refractivity contribution in [2.45, 2.75) is 52.9 Å². The van der Waals surface area contributed by atoms with E-state index in [0.717, 1.165) is 18.4 Å². The maximum absolute atomic E-state index is 11.5. The van der Waals surface area contributed by atoms with Crippen LogP contribution in [0.15, 0.2) is 12.1 Å². The predicted octanol–water partition coefficient (Wildman–Crippen LogP) is 3.31. The van der Waals surface area contributed by atoms with E-state index >= 15 is 0 Å². The normalized spacial score (nSPS) is 10.7. The van der Waals surface area contributed by atoms with Crippen molar-refractivity contribution in [1.29, 1.82) is 0 Å². The standard InChI is InChI=1S/C16H22O4/c1-5-11-12(6-2)14(8-7-13(11)10(3)4)20-16(19)9-15(17)18/h7-8,10H,5-6,9H2,1-4H3,(H,17,18). The van der Waals surface area contributed by atoms with Crippen molar-refractivity contribution >= 4 is 11.9 Å². The first kappa shape index (κ1) is 16.2. The molecule has 20 heavy (non-hydrogen) atoms. The summed E-state index contributed by atoms with van der Waals surface area (Å²) in [7, 11) is 0. The average Bonchev–Trinajstić information content (AvgIpc) is 2.36. The third kappa shape index (κ3) is 3.83. The predicted molar refractivity (Wildman–Crippen MR) is 77.2 cm³/mol. The molecule has 1 rings (SSSR count).